The van der Waals surface area contributed by atoms with Crippen molar-refractivity contribution in [2.75, 3.05) is 25.0 Å². The van der Waals surface area contributed by atoms with Gasteiger partial charge in [-0.05, 0) is 45.0 Å². The molecule has 1 aliphatic heterocycles. The first kappa shape index (κ1) is 11.4. The van der Waals surface area contributed by atoms with Crippen molar-refractivity contribution in [2.45, 2.75) is 32.2 Å². The maximum absolute atomic E-state index is 4.02. The van der Waals surface area contributed by atoms with Crippen LogP contribution in [-0.4, -0.2) is 35.6 Å². The van der Waals surface area contributed by atoms with Gasteiger partial charge >= 0.3 is 0 Å². The molecule has 1 aromatic heterocycles. The summed E-state index contributed by atoms with van der Waals surface area (Å²) in [6.07, 6.45) is 7.79. The Bertz CT molecular complexity index is 293. The lowest BCUT2D eigenvalue weighted by molar-refractivity contribution is 0.223. The summed E-state index contributed by atoms with van der Waals surface area (Å²) in [5.74, 6) is 0. The Morgan fingerprint density at radius 3 is 2.62 bits per heavy atom. The van der Waals surface area contributed by atoms with Crippen molar-refractivity contribution in [2.24, 2.45) is 0 Å². The molecule has 1 fully saturated rings. The number of piperidine rings is 1. The molecule has 3 nitrogen and oxygen atoms in total. The summed E-state index contributed by atoms with van der Waals surface area (Å²) in [5, 5.41) is 3.51. The standard InChI is InChI=1S/C13H21N3/c1-12(11-16-9-3-2-4-10-16)15-13-5-7-14-8-6-13/h5-8,12H,2-4,9-11H2,1H3,(H,14,15). The zero-order chi connectivity index (χ0) is 11.2. The molecule has 3 heteroatoms. The average Bonchev–Trinajstić information content (AvgIpc) is 2.31. The van der Waals surface area contributed by atoms with Crippen LogP contribution in [-0.2, 0) is 0 Å². The largest absolute Gasteiger partial charge is 0.381 e. The normalized spacial score (nSPS) is 19.3. The third kappa shape index (κ3) is 3.49. The van der Waals surface area contributed by atoms with Gasteiger partial charge in [-0.3, -0.25) is 4.98 Å². The van der Waals surface area contributed by atoms with Crippen molar-refractivity contribution in [3.8, 4) is 0 Å². The molecule has 1 unspecified atom stereocenters. The van der Waals surface area contributed by atoms with E-state index in [2.05, 4.69) is 22.1 Å². The van der Waals surface area contributed by atoms with Crippen LogP contribution in [0.1, 0.15) is 26.2 Å². The second kappa shape index (κ2) is 5.85. The molecule has 0 amide bonds. The molecule has 2 heterocycles. The van der Waals surface area contributed by atoms with Gasteiger partial charge in [0.15, 0.2) is 0 Å². The lowest BCUT2D eigenvalue weighted by atomic mass is 10.1. The molecule has 1 atom stereocenters. The van der Waals surface area contributed by atoms with E-state index in [0.29, 0.717) is 6.04 Å². The lowest BCUT2D eigenvalue weighted by Gasteiger charge is -2.29. The van der Waals surface area contributed by atoms with Gasteiger partial charge in [0, 0.05) is 30.7 Å². The number of hydrogen-bond donors (Lipinski definition) is 1. The highest BCUT2D eigenvalue weighted by atomic mass is 15.1. The number of anilines is 1. The van der Waals surface area contributed by atoms with Crippen LogP contribution in [0.5, 0.6) is 0 Å². The molecular weight excluding hydrogens is 198 g/mol. The summed E-state index contributed by atoms with van der Waals surface area (Å²) in [7, 11) is 0. The first-order valence-corrected chi connectivity index (χ1v) is 6.23. The Labute approximate surface area is 97.9 Å². The number of hydrogen-bond acceptors (Lipinski definition) is 3. The van der Waals surface area contributed by atoms with Crippen LogP contribution in [0.3, 0.4) is 0 Å². The molecule has 0 radical (unpaired) electrons. The summed E-state index contributed by atoms with van der Waals surface area (Å²) in [6, 6.07) is 4.54. The van der Waals surface area contributed by atoms with E-state index < -0.39 is 0 Å². The molecule has 16 heavy (non-hydrogen) atoms. The second-order valence-electron chi connectivity index (χ2n) is 4.64. The smallest absolute Gasteiger partial charge is 0.0373 e. The molecule has 1 aliphatic rings. The summed E-state index contributed by atoms with van der Waals surface area (Å²) < 4.78 is 0. The highest BCUT2D eigenvalue weighted by Crippen LogP contribution is 2.11. The molecule has 1 N–H and O–H groups in total. The van der Waals surface area contributed by atoms with Crippen LogP contribution in [0.15, 0.2) is 24.5 Å². The molecule has 1 aromatic rings. The SMILES string of the molecule is CC(CN1CCCCC1)Nc1ccncc1. The molecule has 0 bridgehead atoms. The Morgan fingerprint density at radius 2 is 1.94 bits per heavy atom. The van der Waals surface area contributed by atoms with Gasteiger partial charge in [-0.15, -0.1) is 0 Å². The monoisotopic (exact) mass is 219 g/mol. The topological polar surface area (TPSA) is 28.2 Å². The molecule has 1 saturated heterocycles. The molecule has 2 rings (SSSR count). The highest BCUT2D eigenvalue weighted by molar-refractivity contribution is 5.41. The number of nitrogens with one attached hydrogen (secondary N) is 1. The first-order chi connectivity index (χ1) is 7.84. The second-order valence-corrected chi connectivity index (χ2v) is 4.64. The van der Waals surface area contributed by atoms with Crippen molar-refractivity contribution >= 4 is 5.69 Å². The molecule has 88 valence electrons. The van der Waals surface area contributed by atoms with Crippen LogP contribution in [0.4, 0.5) is 5.69 Å². The maximum atomic E-state index is 4.02. The van der Waals surface area contributed by atoms with Gasteiger partial charge < -0.3 is 10.2 Å². The number of rotatable bonds is 4. The third-order valence-electron chi connectivity index (χ3n) is 3.07. The van der Waals surface area contributed by atoms with Crippen molar-refractivity contribution in [1.29, 1.82) is 0 Å². The predicted molar refractivity (Wildman–Crippen MR) is 67.6 cm³/mol. The van der Waals surface area contributed by atoms with Gasteiger partial charge in [0.25, 0.3) is 0 Å². The van der Waals surface area contributed by atoms with Crippen molar-refractivity contribution in [3.63, 3.8) is 0 Å². The highest BCUT2D eigenvalue weighted by Gasteiger charge is 2.12. The zero-order valence-corrected chi connectivity index (χ0v) is 10.0. The van der Waals surface area contributed by atoms with Crippen molar-refractivity contribution < 1.29 is 0 Å². The van der Waals surface area contributed by atoms with Crippen molar-refractivity contribution in [1.82, 2.24) is 9.88 Å². The summed E-state index contributed by atoms with van der Waals surface area (Å²) in [6.45, 7) is 5.92. The fraction of sp³-hybridized carbons (Fsp3) is 0.615. The lowest BCUT2D eigenvalue weighted by Crippen LogP contribution is -2.38. The number of pyridine rings is 1. The number of aromatic nitrogens is 1. The summed E-state index contributed by atoms with van der Waals surface area (Å²) in [4.78, 5) is 6.58. The Kier molecular flexibility index (Phi) is 4.17. The van der Waals surface area contributed by atoms with E-state index in [1.54, 1.807) is 0 Å². The summed E-state index contributed by atoms with van der Waals surface area (Å²) in [5.41, 5.74) is 1.17. The molecule has 0 saturated carbocycles. The first-order valence-electron chi connectivity index (χ1n) is 6.23. The van der Waals surface area contributed by atoms with E-state index in [1.807, 2.05) is 24.5 Å². The van der Waals surface area contributed by atoms with Crippen LogP contribution in [0.2, 0.25) is 0 Å². The molecule has 0 spiro atoms. The predicted octanol–water partition coefficient (Wildman–Crippen LogP) is 2.37. The maximum Gasteiger partial charge on any atom is 0.0373 e. The van der Waals surface area contributed by atoms with Crippen LogP contribution in [0, 0.1) is 0 Å². The fourth-order valence-corrected chi connectivity index (χ4v) is 2.31. The van der Waals surface area contributed by atoms with E-state index in [0.717, 1.165) is 6.54 Å². The fourth-order valence-electron chi connectivity index (χ4n) is 2.31. The van der Waals surface area contributed by atoms with Gasteiger partial charge in [0.1, 0.15) is 0 Å². The van der Waals surface area contributed by atoms with Gasteiger partial charge in [-0.25, -0.2) is 0 Å². The quantitative estimate of drug-likeness (QED) is 0.842. The number of likely N-dealkylation sites (tertiary alicyclic amines) is 1. The van der Waals surface area contributed by atoms with Crippen LogP contribution < -0.4 is 5.32 Å². The van der Waals surface area contributed by atoms with Crippen LogP contribution in [0.25, 0.3) is 0 Å². The van der Waals surface area contributed by atoms with Gasteiger partial charge in [-0.2, -0.15) is 0 Å². The zero-order valence-electron chi connectivity index (χ0n) is 10.0. The summed E-state index contributed by atoms with van der Waals surface area (Å²) >= 11 is 0. The van der Waals surface area contributed by atoms with E-state index >= 15 is 0 Å². The van der Waals surface area contributed by atoms with Crippen LogP contribution >= 0.6 is 0 Å². The third-order valence-corrected chi connectivity index (χ3v) is 3.07. The Balaban J connectivity index is 1.77. The van der Waals surface area contributed by atoms with Gasteiger partial charge in [-0.1, -0.05) is 6.42 Å². The number of nitrogens with zero attached hydrogens (tertiary/aromatic N) is 2. The van der Waals surface area contributed by atoms with E-state index in [4.69, 9.17) is 0 Å². The van der Waals surface area contributed by atoms with Gasteiger partial charge in [0.2, 0.25) is 0 Å². The molecule has 0 aromatic carbocycles. The minimum Gasteiger partial charge on any atom is -0.381 e. The molecule has 0 aliphatic carbocycles. The van der Waals surface area contributed by atoms with E-state index in [-0.39, 0.29) is 0 Å². The Morgan fingerprint density at radius 1 is 1.25 bits per heavy atom. The van der Waals surface area contributed by atoms with E-state index in [1.165, 1.54) is 38.0 Å². The van der Waals surface area contributed by atoms with Crippen molar-refractivity contribution in [3.05, 3.63) is 24.5 Å². The van der Waals surface area contributed by atoms with E-state index in [9.17, 15) is 0 Å². The molecular formula is C13H21N3. The minimum atomic E-state index is 0.500. The average molecular weight is 219 g/mol. The van der Waals surface area contributed by atoms with Gasteiger partial charge in [0.05, 0.1) is 0 Å². The minimum absolute atomic E-state index is 0.500. The Hall–Kier alpha value is -1.09.